The van der Waals surface area contributed by atoms with Gasteiger partial charge in [0.2, 0.25) is 0 Å². The molecule has 1 amide bonds. The van der Waals surface area contributed by atoms with Crippen LogP contribution in [0.25, 0.3) is 6.08 Å². The number of aromatic hydroxyl groups is 1. The molecule has 0 bridgehead atoms. The maximum Gasteiger partial charge on any atom is 0.326 e. The molecular weight excluding hydrogens is 298 g/mol. The van der Waals surface area contributed by atoms with Crippen molar-refractivity contribution in [1.29, 1.82) is 0 Å². The molecule has 2 N–H and O–H groups in total. The summed E-state index contributed by atoms with van der Waals surface area (Å²) in [6.07, 6.45) is 1.62. The minimum Gasteiger partial charge on any atom is -0.508 e. The van der Waals surface area contributed by atoms with Gasteiger partial charge in [0.1, 0.15) is 16.1 Å². The third-order valence-electron chi connectivity index (χ3n) is 2.76. The van der Waals surface area contributed by atoms with Crippen LogP contribution in [-0.2, 0) is 9.59 Å². The zero-order valence-electron chi connectivity index (χ0n) is 10.4. The summed E-state index contributed by atoms with van der Waals surface area (Å²) in [6, 6.07) is 5.33. The highest BCUT2D eigenvalue weighted by Gasteiger charge is 2.38. The second-order valence-electron chi connectivity index (χ2n) is 4.16. The van der Waals surface area contributed by atoms with E-state index in [9.17, 15) is 14.7 Å². The van der Waals surface area contributed by atoms with Crippen LogP contribution in [0.1, 0.15) is 12.5 Å². The van der Waals surface area contributed by atoms with Crippen molar-refractivity contribution in [2.45, 2.75) is 13.0 Å². The summed E-state index contributed by atoms with van der Waals surface area (Å²) in [4.78, 5) is 24.6. The molecule has 1 heterocycles. The lowest BCUT2D eigenvalue weighted by molar-refractivity contribution is -0.144. The Hall–Kier alpha value is -1.86. The molecule has 1 saturated heterocycles. The fourth-order valence-electron chi connectivity index (χ4n) is 1.65. The summed E-state index contributed by atoms with van der Waals surface area (Å²) >= 11 is 6.12. The minimum atomic E-state index is -1.10. The summed E-state index contributed by atoms with van der Waals surface area (Å²) in [6.45, 7) is 1.41. The highest BCUT2D eigenvalue weighted by molar-refractivity contribution is 8.26. The SMILES string of the molecule is C[C@H](C(=O)O)N1C(=O)C(=Cc2ccc(O)cc2)SC1=S. The summed E-state index contributed by atoms with van der Waals surface area (Å²) in [5.74, 6) is -1.38. The van der Waals surface area contributed by atoms with E-state index in [0.29, 0.717) is 4.91 Å². The maximum absolute atomic E-state index is 12.2. The van der Waals surface area contributed by atoms with Crippen molar-refractivity contribution in [1.82, 2.24) is 4.90 Å². The predicted octanol–water partition coefficient (Wildman–Crippen LogP) is 2.07. The quantitative estimate of drug-likeness (QED) is 0.657. The van der Waals surface area contributed by atoms with Crippen molar-refractivity contribution >= 4 is 46.3 Å². The van der Waals surface area contributed by atoms with Crippen LogP contribution in [0.5, 0.6) is 5.75 Å². The number of carboxylic acid groups (broad SMARTS) is 1. The molecule has 0 aromatic heterocycles. The molecule has 1 aliphatic rings. The number of hydrogen-bond acceptors (Lipinski definition) is 5. The lowest BCUT2D eigenvalue weighted by Gasteiger charge is -2.18. The fourth-order valence-corrected chi connectivity index (χ4v) is 3.06. The standard InChI is InChI=1S/C13H11NO4S2/c1-7(12(17)18)14-11(16)10(20-13(14)19)6-8-2-4-9(15)5-3-8/h2-7,15H,1H3,(H,17,18)/t7-/m1/s1. The van der Waals surface area contributed by atoms with E-state index in [0.717, 1.165) is 22.2 Å². The van der Waals surface area contributed by atoms with E-state index in [1.807, 2.05) is 0 Å². The van der Waals surface area contributed by atoms with E-state index in [1.54, 1.807) is 18.2 Å². The Kier molecular flexibility index (Phi) is 4.10. The number of thioether (sulfide) groups is 1. The Morgan fingerprint density at radius 3 is 2.55 bits per heavy atom. The first-order valence-corrected chi connectivity index (χ1v) is 6.91. The second-order valence-corrected chi connectivity index (χ2v) is 5.83. The highest BCUT2D eigenvalue weighted by Crippen LogP contribution is 2.34. The van der Waals surface area contributed by atoms with Crippen LogP contribution in [0, 0.1) is 0 Å². The van der Waals surface area contributed by atoms with Crippen molar-refractivity contribution in [3.05, 3.63) is 34.7 Å². The van der Waals surface area contributed by atoms with Crippen molar-refractivity contribution in [2.24, 2.45) is 0 Å². The van der Waals surface area contributed by atoms with Gasteiger partial charge in [-0.1, -0.05) is 36.1 Å². The molecule has 0 saturated carbocycles. The van der Waals surface area contributed by atoms with Crippen LogP contribution in [-0.4, -0.2) is 37.4 Å². The summed E-state index contributed by atoms with van der Waals surface area (Å²) in [5, 5.41) is 18.2. The molecule has 20 heavy (non-hydrogen) atoms. The van der Waals surface area contributed by atoms with E-state index in [4.69, 9.17) is 17.3 Å². The minimum absolute atomic E-state index is 0.134. The van der Waals surface area contributed by atoms with Crippen LogP contribution >= 0.6 is 24.0 Å². The van der Waals surface area contributed by atoms with Crippen LogP contribution in [0.15, 0.2) is 29.2 Å². The van der Waals surface area contributed by atoms with E-state index < -0.39 is 17.9 Å². The Balaban J connectivity index is 2.28. The van der Waals surface area contributed by atoms with Gasteiger partial charge in [-0.2, -0.15) is 0 Å². The number of benzene rings is 1. The molecule has 104 valence electrons. The number of carbonyl (C=O) groups excluding carboxylic acids is 1. The molecule has 2 rings (SSSR count). The third kappa shape index (κ3) is 2.83. The molecule has 0 unspecified atom stereocenters. The number of amides is 1. The average Bonchev–Trinajstić information content (AvgIpc) is 2.66. The molecule has 0 spiro atoms. The van der Waals surface area contributed by atoms with Crippen LogP contribution < -0.4 is 0 Å². The fraction of sp³-hybridized carbons (Fsp3) is 0.154. The van der Waals surface area contributed by atoms with E-state index in [1.165, 1.54) is 19.1 Å². The number of carbonyl (C=O) groups is 2. The van der Waals surface area contributed by atoms with Gasteiger partial charge >= 0.3 is 5.97 Å². The van der Waals surface area contributed by atoms with Crippen LogP contribution in [0.3, 0.4) is 0 Å². The predicted molar refractivity (Wildman–Crippen MR) is 80.2 cm³/mol. The Labute approximate surface area is 124 Å². The largest absolute Gasteiger partial charge is 0.508 e. The van der Waals surface area contributed by atoms with Gasteiger partial charge < -0.3 is 10.2 Å². The van der Waals surface area contributed by atoms with Gasteiger partial charge in [0.25, 0.3) is 5.91 Å². The molecular formula is C13H11NO4S2. The molecule has 7 heteroatoms. The van der Waals surface area contributed by atoms with E-state index >= 15 is 0 Å². The van der Waals surface area contributed by atoms with Crippen molar-refractivity contribution in [3.63, 3.8) is 0 Å². The normalized spacial score (nSPS) is 18.6. The molecule has 1 atom stereocenters. The van der Waals surface area contributed by atoms with Crippen LogP contribution in [0.4, 0.5) is 0 Å². The number of aliphatic carboxylic acids is 1. The smallest absolute Gasteiger partial charge is 0.326 e. The number of carboxylic acids is 1. The molecule has 1 fully saturated rings. The van der Waals surface area contributed by atoms with Crippen molar-refractivity contribution in [3.8, 4) is 5.75 Å². The van der Waals surface area contributed by atoms with Gasteiger partial charge in [-0.3, -0.25) is 9.69 Å². The lowest BCUT2D eigenvalue weighted by Crippen LogP contribution is -2.41. The Morgan fingerprint density at radius 1 is 1.40 bits per heavy atom. The Bertz CT molecular complexity index is 609. The first-order valence-electron chi connectivity index (χ1n) is 5.69. The summed E-state index contributed by atoms with van der Waals surface area (Å²) < 4.78 is 0.231. The van der Waals surface area contributed by atoms with Crippen molar-refractivity contribution < 1.29 is 19.8 Å². The van der Waals surface area contributed by atoms with Gasteiger partial charge in [-0.15, -0.1) is 0 Å². The number of thiocarbonyl (C=S) groups is 1. The number of phenols is 1. The molecule has 1 aromatic rings. The van der Waals surface area contributed by atoms with Gasteiger partial charge in [-0.25, -0.2) is 4.79 Å². The average molecular weight is 309 g/mol. The van der Waals surface area contributed by atoms with Gasteiger partial charge in [0, 0.05) is 0 Å². The number of nitrogens with zero attached hydrogens (tertiary/aromatic N) is 1. The number of phenolic OH excluding ortho intramolecular Hbond substituents is 1. The first-order chi connectivity index (χ1) is 9.40. The Morgan fingerprint density at radius 2 is 2.00 bits per heavy atom. The molecule has 1 aliphatic heterocycles. The summed E-state index contributed by atoms with van der Waals surface area (Å²) in [5.41, 5.74) is 0.728. The number of hydrogen-bond donors (Lipinski definition) is 2. The van der Waals surface area contributed by atoms with Crippen molar-refractivity contribution in [2.75, 3.05) is 0 Å². The number of rotatable bonds is 3. The summed E-state index contributed by atoms with van der Waals surface area (Å²) in [7, 11) is 0. The maximum atomic E-state index is 12.2. The highest BCUT2D eigenvalue weighted by atomic mass is 32.2. The molecule has 0 radical (unpaired) electrons. The monoisotopic (exact) mass is 309 g/mol. The zero-order chi connectivity index (χ0) is 14.9. The van der Waals surface area contributed by atoms with Crippen LogP contribution in [0.2, 0.25) is 0 Å². The van der Waals surface area contributed by atoms with Gasteiger partial charge in [0.05, 0.1) is 4.91 Å². The zero-order valence-corrected chi connectivity index (χ0v) is 12.1. The first kappa shape index (κ1) is 14.5. The van der Waals surface area contributed by atoms with Gasteiger partial charge in [-0.05, 0) is 30.7 Å². The molecule has 0 aliphatic carbocycles. The van der Waals surface area contributed by atoms with E-state index in [2.05, 4.69) is 0 Å². The van der Waals surface area contributed by atoms with E-state index in [-0.39, 0.29) is 10.1 Å². The third-order valence-corrected chi connectivity index (χ3v) is 4.09. The topological polar surface area (TPSA) is 77.8 Å². The second kappa shape index (κ2) is 5.64. The molecule has 1 aromatic carbocycles. The lowest BCUT2D eigenvalue weighted by atomic mass is 10.2. The van der Waals surface area contributed by atoms with Gasteiger partial charge in [0.15, 0.2) is 0 Å². The molecule has 5 nitrogen and oxygen atoms in total.